The fourth-order valence-electron chi connectivity index (χ4n) is 3.42. The number of aromatic nitrogens is 2. The Morgan fingerprint density at radius 2 is 2.14 bits per heavy atom. The van der Waals surface area contributed by atoms with Gasteiger partial charge in [-0.15, -0.1) is 0 Å². The van der Waals surface area contributed by atoms with E-state index in [1.807, 2.05) is 25.1 Å². The summed E-state index contributed by atoms with van der Waals surface area (Å²) in [4.78, 5) is 33.3. The zero-order chi connectivity index (χ0) is 19.7. The predicted octanol–water partition coefficient (Wildman–Crippen LogP) is 2.44. The van der Waals surface area contributed by atoms with Crippen LogP contribution in [0.15, 0.2) is 35.5 Å². The number of anilines is 1. The second-order valence-corrected chi connectivity index (χ2v) is 7.08. The Morgan fingerprint density at radius 1 is 1.32 bits per heavy atom. The van der Waals surface area contributed by atoms with E-state index in [-0.39, 0.29) is 18.5 Å². The zero-order valence-electron chi connectivity index (χ0n) is 15.6. The van der Waals surface area contributed by atoms with Crippen LogP contribution in [0.4, 0.5) is 10.6 Å². The van der Waals surface area contributed by atoms with Gasteiger partial charge in [0.1, 0.15) is 12.4 Å². The van der Waals surface area contributed by atoms with Gasteiger partial charge in [0.25, 0.3) is 0 Å². The van der Waals surface area contributed by atoms with E-state index < -0.39 is 0 Å². The number of carbonyl (C=O) groups is 2. The third-order valence-electron chi connectivity index (χ3n) is 4.71. The van der Waals surface area contributed by atoms with Crippen molar-refractivity contribution in [3.05, 3.63) is 41.0 Å². The lowest BCUT2D eigenvalue weighted by Crippen LogP contribution is -2.55. The molecule has 8 nitrogen and oxygen atoms in total. The fourth-order valence-corrected chi connectivity index (χ4v) is 3.64. The molecule has 2 aliphatic rings. The molecule has 146 valence electrons. The SMILES string of the molecule is CCCNC(=O)CN1C(=O)N2CCCN=C2c2cnn(-c3ccccc3Cl)c21. The normalized spacial score (nSPS) is 15.8. The first-order valence-corrected chi connectivity index (χ1v) is 9.73. The summed E-state index contributed by atoms with van der Waals surface area (Å²) in [5.41, 5.74) is 1.37. The van der Waals surface area contributed by atoms with Crippen molar-refractivity contribution in [3.63, 3.8) is 0 Å². The highest BCUT2D eigenvalue weighted by atomic mass is 35.5. The number of fused-ring (bicyclic) bond motifs is 3. The third kappa shape index (κ3) is 3.13. The van der Waals surface area contributed by atoms with Crippen LogP contribution in [0.1, 0.15) is 25.3 Å². The molecular formula is C19H21ClN6O2. The Morgan fingerprint density at radius 3 is 2.93 bits per heavy atom. The number of rotatable bonds is 5. The number of urea groups is 1. The summed E-state index contributed by atoms with van der Waals surface area (Å²) in [6, 6.07) is 6.99. The first kappa shape index (κ1) is 18.5. The predicted molar refractivity (Wildman–Crippen MR) is 107 cm³/mol. The number of amidine groups is 1. The number of hydrogen-bond donors (Lipinski definition) is 1. The molecule has 2 aromatic rings. The standard InChI is InChI=1S/C19H21ClN6O2/c1-2-8-21-16(27)12-25-18-13(17-22-9-5-10-24(17)19(25)28)11-23-26(18)15-7-4-3-6-14(15)20/h3-4,6-7,11H,2,5,8-10,12H2,1H3,(H,21,27). The van der Waals surface area contributed by atoms with Gasteiger partial charge >= 0.3 is 6.03 Å². The van der Waals surface area contributed by atoms with Gasteiger partial charge in [0.2, 0.25) is 5.91 Å². The minimum absolute atomic E-state index is 0.0915. The Kier molecular flexibility index (Phi) is 5.04. The van der Waals surface area contributed by atoms with Crippen molar-refractivity contribution in [2.75, 3.05) is 31.1 Å². The van der Waals surface area contributed by atoms with Crippen LogP contribution in [-0.2, 0) is 4.79 Å². The van der Waals surface area contributed by atoms with E-state index in [0.29, 0.717) is 42.0 Å². The van der Waals surface area contributed by atoms with Crippen LogP contribution in [0.3, 0.4) is 0 Å². The Balaban J connectivity index is 1.82. The van der Waals surface area contributed by atoms with Gasteiger partial charge in [-0.1, -0.05) is 30.7 Å². The summed E-state index contributed by atoms with van der Waals surface area (Å²) in [7, 11) is 0. The van der Waals surface area contributed by atoms with Crippen molar-refractivity contribution in [1.82, 2.24) is 20.0 Å². The number of halogens is 1. The van der Waals surface area contributed by atoms with Gasteiger partial charge in [-0.05, 0) is 25.0 Å². The molecule has 0 fully saturated rings. The minimum Gasteiger partial charge on any atom is -0.355 e. The lowest BCUT2D eigenvalue weighted by atomic mass is 10.1. The molecular weight excluding hydrogens is 380 g/mol. The highest BCUT2D eigenvalue weighted by Gasteiger charge is 2.40. The molecule has 28 heavy (non-hydrogen) atoms. The first-order valence-electron chi connectivity index (χ1n) is 9.35. The van der Waals surface area contributed by atoms with Crippen LogP contribution in [-0.4, -0.2) is 58.6 Å². The highest BCUT2D eigenvalue weighted by Crippen LogP contribution is 2.34. The number of amides is 3. The van der Waals surface area contributed by atoms with E-state index >= 15 is 0 Å². The lowest BCUT2D eigenvalue weighted by molar-refractivity contribution is -0.119. The molecule has 0 spiro atoms. The minimum atomic E-state index is -0.272. The quantitative estimate of drug-likeness (QED) is 0.836. The van der Waals surface area contributed by atoms with Crippen molar-refractivity contribution in [1.29, 1.82) is 0 Å². The molecule has 2 aliphatic heterocycles. The Bertz CT molecular complexity index is 954. The maximum atomic E-state index is 13.2. The van der Waals surface area contributed by atoms with Crippen molar-refractivity contribution in [2.45, 2.75) is 19.8 Å². The van der Waals surface area contributed by atoms with E-state index in [9.17, 15) is 9.59 Å². The number of benzene rings is 1. The number of aliphatic imine (C=N–C) groups is 1. The van der Waals surface area contributed by atoms with Crippen LogP contribution >= 0.6 is 11.6 Å². The topological polar surface area (TPSA) is 82.8 Å². The molecule has 0 saturated heterocycles. The van der Waals surface area contributed by atoms with Gasteiger partial charge in [-0.2, -0.15) is 5.10 Å². The van der Waals surface area contributed by atoms with Gasteiger partial charge in [-0.3, -0.25) is 19.6 Å². The number of nitrogens with one attached hydrogen (secondary N) is 1. The molecule has 1 N–H and O–H groups in total. The second kappa shape index (κ2) is 7.63. The Hall–Kier alpha value is -2.87. The maximum absolute atomic E-state index is 13.2. The van der Waals surface area contributed by atoms with Gasteiger partial charge in [0, 0.05) is 19.6 Å². The highest BCUT2D eigenvalue weighted by molar-refractivity contribution is 6.32. The van der Waals surface area contributed by atoms with Crippen molar-refractivity contribution < 1.29 is 9.59 Å². The van der Waals surface area contributed by atoms with E-state index in [1.165, 1.54) is 4.90 Å². The summed E-state index contributed by atoms with van der Waals surface area (Å²) in [5, 5.41) is 7.81. The molecule has 1 aromatic carbocycles. The fraction of sp³-hybridized carbons (Fsp3) is 0.368. The number of nitrogens with zero attached hydrogens (tertiary/aromatic N) is 5. The van der Waals surface area contributed by atoms with E-state index in [1.54, 1.807) is 21.8 Å². The number of para-hydroxylation sites is 1. The maximum Gasteiger partial charge on any atom is 0.331 e. The molecule has 1 aromatic heterocycles. The Labute approximate surface area is 167 Å². The summed E-state index contributed by atoms with van der Waals surface area (Å²) < 4.78 is 1.61. The first-order chi connectivity index (χ1) is 13.6. The largest absolute Gasteiger partial charge is 0.355 e. The van der Waals surface area contributed by atoms with Gasteiger partial charge in [0.05, 0.1) is 22.5 Å². The monoisotopic (exact) mass is 400 g/mol. The van der Waals surface area contributed by atoms with Crippen LogP contribution < -0.4 is 10.2 Å². The van der Waals surface area contributed by atoms with Crippen LogP contribution in [0, 0.1) is 0 Å². The second-order valence-electron chi connectivity index (χ2n) is 6.67. The summed E-state index contributed by atoms with van der Waals surface area (Å²) in [5.74, 6) is 0.905. The molecule has 0 bridgehead atoms. The van der Waals surface area contributed by atoms with Crippen LogP contribution in [0.25, 0.3) is 5.69 Å². The van der Waals surface area contributed by atoms with E-state index in [0.717, 1.165) is 18.4 Å². The molecule has 0 saturated carbocycles. The molecule has 0 unspecified atom stereocenters. The number of carbonyl (C=O) groups excluding carboxylic acids is 2. The molecule has 0 atom stereocenters. The van der Waals surface area contributed by atoms with Crippen molar-refractivity contribution in [2.24, 2.45) is 4.99 Å². The average Bonchev–Trinajstić information content (AvgIpc) is 3.15. The molecule has 0 radical (unpaired) electrons. The average molecular weight is 401 g/mol. The van der Waals surface area contributed by atoms with Gasteiger partial charge in [0.15, 0.2) is 5.82 Å². The molecule has 3 heterocycles. The molecule has 3 amide bonds. The summed E-state index contributed by atoms with van der Waals surface area (Å²) in [6.07, 6.45) is 3.30. The van der Waals surface area contributed by atoms with E-state index in [2.05, 4.69) is 15.4 Å². The zero-order valence-corrected chi connectivity index (χ0v) is 16.3. The molecule has 4 rings (SSSR count). The van der Waals surface area contributed by atoms with Crippen LogP contribution in [0.2, 0.25) is 5.02 Å². The van der Waals surface area contributed by atoms with E-state index in [4.69, 9.17) is 11.6 Å². The van der Waals surface area contributed by atoms with Gasteiger partial charge < -0.3 is 5.32 Å². The third-order valence-corrected chi connectivity index (χ3v) is 5.03. The number of hydrogen-bond acceptors (Lipinski definition) is 4. The molecule has 9 heteroatoms. The summed E-state index contributed by atoms with van der Waals surface area (Å²) >= 11 is 6.37. The molecule has 0 aliphatic carbocycles. The smallest absolute Gasteiger partial charge is 0.331 e. The lowest BCUT2D eigenvalue weighted by Gasteiger charge is -2.37. The van der Waals surface area contributed by atoms with Crippen molar-refractivity contribution >= 4 is 35.2 Å². The van der Waals surface area contributed by atoms with Crippen LogP contribution in [0.5, 0.6) is 0 Å². The van der Waals surface area contributed by atoms with Crippen molar-refractivity contribution in [3.8, 4) is 5.69 Å². The van der Waals surface area contributed by atoms with Gasteiger partial charge in [-0.25, -0.2) is 9.48 Å². The summed E-state index contributed by atoms with van der Waals surface area (Å²) in [6.45, 7) is 3.68.